The van der Waals surface area contributed by atoms with Crippen LogP contribution in [0.15, 0.2) is 24.3 Å². The minimum atomic E-state index is -4.30. The Morgan fingerprint density at radius 3 is 2.43 bits per heavy atom. The molecule has 3 atom stereocenters. The molecule has 2 rings (SSSR count). The molecule has 0 radical (unpaired) electrons. The summed E-state index contributed by atoms with van der Waals surface area (Å²) < 4.78 is 37.9. The minimum absolute atomic E-state index is 0. The molecule has 1 heterocycles. The van der Waals surface area contributed by atoms with Crippen LogP contribution in [-0.2, 0) is 6.18 Å². The molecule has 4 nitrogen and oxygen atoms in total. The fraction of sp³-hybridized carbons (Fsp3) is 0.600. The molecule has 3 unspecified atom stereocenters. The van der Waals surface area contributed by atoms with Crippen molar-refractivity contribution >= 4 is 12.4 Å². The van der Waals surface area contributed by atoms with Gasteiger partial charge in [-0.05, 0) is 31.7 Å². The first-order valence-corrected chi connectivity index (χ1v) is 7.38. The third-order valence-electron chi connectivity index (χ3n) is 4.31. The maximum Gasteiger partial charge on any atom is 0.416 e. The summed E-state index contributed by atoms with van der Waals surface area (Å²) in [5.74, 6) is 0.274. The highest BCUT2D eigenvalue weighted by molar-refractivity contribution is 5.85. The zero-order chi connectivity index (χ0) is 16.3. The molecule has 0 amide bonds. The smallest absolute Gasteiger partial charge is 0.329 e. The van der Waals surface area contributed by atoms with Gasteiger partial charge in [-0.3, -0.25) is 5.43 Å². The molecule has 0 spiro atoms. The monoisotopic (exact) mass is 352 g/mol. The Morgan fingerprint density at radius 1 is 1.30 bits per heavy atom. The molecular weight excluding hydrogens is 329 g/mol. The molecule has 8 heteroatoms. The van der Waals surface area contributed by atoms with E-state index in [4.69, 9.17) is 5.73 Å². The van der Waals surface area contributed by atoms with Crippen molar-refractivity contribution < 1.29 is 13.2 Å². The molecule has 4 N–H and O–H groups in total. The maximum absolute atomic E-state index is 12.6. The summed E-state index contributed by atoms with van der Waals surface area (Å²) >= 11 is 0. The Morgan fingerprint density at radius 2 is 1.91 bits per heavy atom. The van der Waals surface area contributed by atoms with E-state index in [2.05, 4.69) is 22.7 Å². The van der Waals surface area contributed by atoms with Crippen LogP contribution in [0.4, 0.5) is 13.2 Å². The lowest BCUT2D eigenvalue weighted by molar-refractivity contribution is -0.137. The molecule has 0 saturated carbocycles. The van der Waals surface area contributed by atoms with Gasteiger partial charge in [0, 0.05) is 31.6 Å². The first kappa shape index (κ1) is 20.2. The Labute approximate surface area is 141 Å². The van der Waals surface area contributed by atoms with Gasteiger partial charge in [-0.15, -0.1) is 12.4 Å². The second kappa shape index (κ2) is 8.30. The molecule has 1 fully saturated rings. The highest BCUT2D eigenvalue weighted by atomic mass is 35.5. The number of alkyl halides is 3. The van der Waals surface area contributed by atoms with Crippen LogP contribution < -0.4 is 16.6 Å². The number of likely N-dealkylation sites (N-methyl/N-ethyl adjacent to an activating group) is 1. The van der Waals surface area contributed by atoms with Crippen molar-refractivity contribution in [3.8, 4) is 0 Å². The van der Waals surface area contributed by atoms with E-state index in [0.717, 1.165) is 30.8 Å². The average molecular weight is 353 g/mol. The van der Waals surface area contributed by atoms with Gasteiger partial charge in [-0.25, -0.2) is 5.43 Å². The number of halogens is 4. The zero-order valence-corrected chi connectivity index (χ0v) is 14.0. The number of hydrogen-bond donors (Lipinski definition) is 3. The lowest BCUT2D eigenvalue weighted by Gasteiger charge is -2.28. The highest BCUT2D eigenvalue weighted by Crippen LogP contribution is 2.32. The number of benzene rings is 1. The number of nitrogens with two attached hydrogens (primary N) is 1. The first-order chi connectivity index (χ1) is 10.3. The van der Waals surface area contributed by atoms with Crippen LogP contribution >= 0.6 is 12.4 Å². The summed E-state index contributed by atoms with van der Waals surface area (Å²) in [4.78, 5) is 2.18. The molecule has 1 aromatic rings. The predicted octanol–water partition coefficient (Wildman–Crippen LogP) is 2.17. The number of hydrazine groups is 1. The maximum atomic E-state index is 12.6. The first-order valence-electron chi connectivity index (χ1n) is 7.38. The lowest BCUT2D eigenvalue weighted by atomic mass is 9.93. The quantitative estimate of drug-likeness (QED) is 0.760. The summed E-state index contributed by atoms with van der Waals surface area (Å²) in [6.07, 6.45) is -4.30. The van der Waals surface area contributed by atoms with E-state index in [1.165, 1.54) is 0 Å². The van der Waals surface area contributed by atoms with E-state index in [0.29, 0.717) is 6.54 Å². The van der Waals surface area contributed by atoms with Crippen molar-refractivity contribution in [3.05, 3.63) is 35.4 Å². The Kier molecular flexibility index (Phi) is 7.29. The lowest BCUT2D eigenvalue weighted by Crippen LogP contribution is -2.40. The molecule has 132 valence electrons. The van der Waals surface area contributed by atoms with Gasteiger partial charge in [0.2, 0.25) is 0 Å². The fourth-order valence-corrected chi connectivity index (χ4v) is 2.67. The summed E-state index contributed by atoms with van der Waals surface area (Å²) in [6, 6.07) is 5.64. The normalized spacial score (nSPS) is 22.9. The van der Waals surface area contributed by atoms with Crippen LogP contribution in [-0.4, -0.2) is 37.6 Å². The summed E-state index contributed by atoms with van der Waals surface area (Å²) in [6.45, 7) is 4.23. The highest BCUT2D eigenvalue weighted by Gasteiger charge is 2.32. The Bertz CT molecular complexity index is 481. The van der Waals surface area contributed by atoms with E-state index in [1.807, 2.05) is 7.05 Å². The van der Waals surface area contributed by atoms with Crippen molar-refractivity contribution in [1.29, 1.82) is 0 Å². The molecular formula is C15H24ClF3N4. The minimum Gasteiger partial charge on any atom is -0.329 e. The molecule has 0 bridgehead atoms. The van der Waals surface area contributed by atoms with Crippen LogP contribution in [0.2, 0.25) is 0 Å². The van der Waals surface area contributed by atoms with E-state index >= 15 is 0 Å². The zero-order valence-electron chi connectivity index (χ0n) is 13.2. The molecule has 23 heavy (non-hydrogen) atoms. The van der Waals surface area contributed by atoms with E-state index in [1.54, 1.807) is 12.1 Å². The molecule has 1 aromatic carbocycles. The van der Waals surface area contributed by atoms with Gasteiger partial charge < -0.3 is 10.6 Å². The predicted molar refractivity (Wildman–Crippen MR) is 87.2 cm³/mol. The third-order valence-corrected chi connectivity index (χ3v) is 4.31. The van der Waals surface area contributed by atoms with E-state index in [9.17, 15) is 13.2 Å². The Hall–Kier alpha value is -0.860. The second-order valence-electron chi connectivity index (χ2n) is 5.91. The van der Waals surface area contributed by atoms with Crippen LogP contribution in [0.25, 0.3) is 0 Å². The van der Waals surface area contributed by atoms with E-state index < -0.39 is 11.7 Å². The largest absolute Gasteiger partial charge is 0.416 e. The third kappa shape index (κ3) is 5.06. The fourth-order valence-electron chi connectivity index (χ4n) is 2.67. The van der Waals surface area contributed by atoms with Gasteiger partial charge >= 0.3 is 6.18 Å². The van der Waals surface area contributed by atoms with Gasteiger partial charge in [-0.1, -0.05) is 12.1 Å². The van der Waals surface area contributed by atoms with Crippen LogP contribution in [0.1, 0.15) is 24.1 Å². The number of hydrogen-bond acceptors (Lipinski definition) is 4. The average Bonchev–Trinajstić information content (AvgIpc) is 2.93. The summed E-state index contributed by atoms with van der Waals surface area (Å²) in [5.41, 5.74) is 12.2. The number of nitrogens with one attached hydrogen (secondary N) is 2. The van der Waals surface area contributed by atoms with Crippen molar-refractivity contribution in [2.75, 3.05) is 26.7 Å². The summed E-state index contributed by atoms with van der Waals surface area (Å²) in [7, 11) is 2.01. The molecule has 0 aliphatic carbocycles. The number of nitrogens with zero attached hydrogens (tertiary/aromatic N) is 1. The molecule has 0 aromatic heterocycles. The topological polar surface area (TPSA) is 53.3 Å². The van der Waals surface area contributed by atoms with Gasteiger partial charge in [0.1, 0.15) is 0 Å². The molecule has 1 aliphatic heterocycles. The van der Waals surface area contributed by atoms with Gasteiger partial charge in [0.15, 0.2) is 0 Å². The molecule has 1 aliphatic rings. The SMILES string of the molecule is CC(CN)N(C)CC1CNNC1c1ccc(C(F)(F)F)cc1.Cl. The van der Waals surface area contributed by atoms with Crippen molar-refractivity contribution in [1.82, 2.24) is 15.8 Å². The van der Waals surface area contributed by atoms with Crippen LogP contribution in [0.5, 0.6) is 0 Å². The van der Waals surface area contributed by atoms with Crippen molar-refractivity contribution in [2.24, 2.45) is 11.7 Å². The van der Waals surface area contributed by atoms with Crippen molar-refractivity contribution in [3.63, 3.8) is 0 Å². The van der Waals surface area contributed by atoms with E-state index in [-0.39, 0.29) is 30.4 Å². The van der Waals surface area contributed by atoms with Gasteiger partial charge in [0.25, 0.3) is 0 Å². The van der Waals surface area contributed by atoms with Gasteiger partial charge in [0.05, 0.1) is 11.6 Å². The van der Waals surface area contributed by atoms with Crippen LogP contribution in [0.3, 0.4) is 0 Å². The standard InChI is InChI=1S/C15H23F3N4.ClH/c1-10(7-19)22(2)9-12-8-20-21-14(12)11-3-5-13(6-4-11)15(16,17)18;/h3-6,10,12,14,20-21H,7-9,19H2,1-2H3;1H. The van der Waals surface area contributed by atoms with Crippen molar-refractivity contribution in [2.45, 2.75) is 25.2 Å². The number of rotatable bonds is 5. The van der Waals surface area contributed by atoms with Gasteiger partial charge in [-0.2, -0.15) is 13.2 Å². The Balaban J connectivity index is 0.00000264. The van der Waals surface area contributed by atoms with Crippen LogP contribution in [0, 0.1) is 5.92 Å². The second-order valence-corrected chi connectivity index (χ2v) is 5.91. The molecule has 1 saturated heterocycles. The summed E-state index contributed by atoms with van der Waals surface area (Å²) in [5, 5.41) is 0.